The fourth-order valence-electron chi connectivity index (χ4n) is 1.50. The lowest BCUT2D eigenvalue weighted by atomic mass is 10.1. The minimum Gasteiger partial charge on any atom is -0.393 e. The quantitative estimate of drug-likeness (QED) is 0.673. The van der Waals surface area contributed by atoms with E-state index in [1.54, 1.807) is 0 Å². The number of hydrogen-bond acceptors (Lipinski definition) is 2. The molecular weight excluding hydrogens is 186 g/mol. The lowest BCUT2D eigenvalue weighted by molar-refractivity contribution is 0.157. The highest BCUT2D eigenvalue weighted by molar-refractivity contribution is 5.14. The van der Waals surface area contributed by atoms with Crippen molar-refractivity contribution in [3.05, 3.63) is 35.9 Å². The average Bonchev–Trinajstić information content (AvgIpc) is 2.29. The summed E-state index contributed by atoms with van der Waals surface area (Å²) in [5.41, 5.74) is 1.31. The van der Waals surface area contributed by atoms with Crippen molar-refractivity contribution in [3.8, 4) is 0 Å². The monoisotopic (exact) mass is 207 g/mol. The Morgan fingerprint density at radius 2 is 2.00 bits per heavy atom. The largest absolute Gasteiger partial charge is 0.393 e. The molecule has 1 unspecified atom stereocenters. The van der Waals surface area contributed by atoms with Gasteiger partial charge in [0, 0.05) is 6.54 Å². The molecule has 0 amide bonds. The van der Waals surface area contributed by atoms with Crippen LogP contribution in [0.2, 0.25) is 0 Å². The molecule has 0 radical (unpaired) electrons. The van der Waals surface area contributed by atoms with Gasteiger partial charge in [-0.3, -0.25) is 0 Å². The SMILES string of the molecule is CCC(O)CCCNCc1ccccc1. The van der Waals surface area contributed by atoms with Crippen LogP contribution in [0.1, 0.15) is 31.7 Å². The molecule has 0 aliphatic rings. The summed E-state index contributed by atoms with van der Waals surface area (Å²) in [6, 6.07) is 10.4. The zero-order chi connectivity index (χ0) is 10.9. The van der Waals surface area contributed by atoms with Gasteiger partial charge in [-0.1, -0.05) is 37.3 Å². The topological polar surface area (TPSA) is 32.3 Å². The molecule has 84 valence electrons. The normalized spacial score (nSPS) is 12.7. The summed E-state index contributed by atoms with van der Waals surface area (Å²) in [6.07, 6.45) is 2.68. The summed E-state index contributed by atoms with van der Waals surface area (Å²) in [7, 11) is 0. The molecule has 2 N–H and O–H groups in total. The first-order chi connectivity index (χ1) is 7.33. The third kappa shape index (κ3) is 5.55. The minimum absolute atomic E-state index is 0.122. The van der Waals surface area contributed by atoms with Crippen LogP contribution in [0.25, 0.3) is 0 Å². The number of rotatable bonds is 7. The van der Waals surface area contributed by atoms with Gasteiger partial charge in [-0.15, -0.1) is 0 Å². The zero-order valence-electron chi connectivity index (χ0n) is 9.45. The van der Waals surface area contributed by atoms with Crippen LogP contribution in [-0.4, -0.2) is 17.8 Å². The Morgan fingerprint density at radius 3 is 2.67 bits per heavy atom. The maximum absolute atomic E-state index is 9.35. The van der Waals surface area contributed by atoms with E-state index in [4.69, 9.17) is 0 Å². The fraction of sp³-hybridized carbons (Fsp3) is 0.538. The van der Waals surface area contributed by atoms with Gasteiger partial charge in [-0.05, 0) is 31.4 Å². The standard InChI is InChI=1S/C13H21NO/c1-2-13(15)9-6-10-14-11-12-7-4-3-5-8-12/h3-5,7-8,13-15H,2,6,9-11H2,1H3. The summed E-state index contributed by atoms with van der Waals surface area (Å²) in [5, 5.41) is 12.7. The maximum atomic E-state index is 9.35. The van der Waals surface area contributed by atoms with Crippen molar-refractivity contribution in [1.29, 1.82) is 0 Å². The van der Waals surface area contributed by atoms with Crippen molar-refractivity contribution in [3.63, 3.8) is 0 Å². The van der Waals surface area contributed by atoms with Crippen LogP contribution in [0.5, 0.6) is 0 Å². The van der Waals surface area contributed by atoms with Gasteiger partial charge >= 0.3 is 0 Å². The van der Waals surface area contributed by atoms with E-state index in [1.807, 2.05) is 13.0 Å². The van der Waals surface area contributed by atoms with E-state index in [9.17, 15) is 5.11 Å². The first kappa shape index (κ1) is 12.2. The second kappa shape index (κ2) is 7.43. The smallest absolute Gasteiger partial charge is 0.0538 e. The molecule has 2 nitrogen and oxygen atoms in total. The molecule has 0 aliphatic carbocycles. The zero-order valence-corrected chi connectivity index (χ0v) is 9.45. The van der Waals surface area contributed by atoms with Crippen LogP contribution in [0.3, 0.4) is 0 Å². The fourth-order valence-corrected chi connectivity index (χ4v) is 1.50. The predicted molar refractivity (Wildman–Crippen MR) is 63.7 cm³/mol. The first-order valence-electron chi connectivity index (χ1n) is 5.75. The third-order valence-electron chi connectivity index (χ3n) is 2.53. The van der Waals surface area contributed by atoms with Crippen molar-refractivity contribution < 1.29 is 5.11 Å². The summed E-state index contributed by atoms with van der Waals surface area (Å²) >= 11 is 0. The van der Waals surface area contributed by atoms with Crippen LogP contribution in [-0.2, 0) is 6.54 Å². The molecule has 1 rings (SSSR count). The number of aliphatic hydroxyl groups is 1. The van der Waals surface area contributed by atoms with Crippen LogP contribution >= 0.6 is 0 Å². The Bertz CT molecular complexity index is 248. The van der Waals surface area contributed by atoms with Crippen LogP contribution in [0.4, 0.5) is 0 Å². The Labute approximate surface area is 92.3 Å². The van der Waals surface area contributed by atoms with Gasteiger partial charge in [-0.25, -0.2) is 0 Å². The molecule has 15 heavy (non-hydrogen) atoms. The Kier molecular flexibility index (Phi) is 6.05. The molecule has 0 saturated carbocycles. The summed E-state index contributed by atoms with van der Waals surface area (Å²) < 4.78 is 0. The van der Waals surface area contributed by atoms with Gasteiger partial charge in [-0.2, -0.15) is 0 Å². The van der Waals surface area contributed by atoms with E-state index < -0.39 is 0 Å². The Balaban J connectivity index is 2.03. The highest BCUT2D eigenvalue weighted by Gasteiger charge is 1.99. The van der Waals surface area contributed by atoms with Crippen molar-refractivity contribution in [1.82, 2.24) is 5.32 Å². The van der Waals surface area contributed by atoms with Gasteiger partial charge in [0.1, 0.15) is 0 Å². The van der Waals surface area contributed by atoms with E-state index in [-0.39, 0.29) is 6.10 Å². The minimum atomic E-state index is -0.122. The number of aliphatic hydroxyl groups excluding tert-OH is 1. The number of nitrogens with one attached hydrogen (secondary N) is 1. The Morgan fingerprint density at radius 1 is 1.27 bits per heavy atom. The molecule has 0 aliphatic heterocycles. The second-order valence-corrected chi connectivity index (χ2v) is 3.87. The molecule has 1 aromatic rings. The van der Waals surface area contributed by atoms with Crippen LogP contribution in [0.15, 0.2) is 30.3 Å². The lowest BCUT2D eigenvalue weighted by Crippen LogP contribution is -2.16. The molecule has 2 heteroatoms. The first-order valence-corrected chi connectivity index (χ1v) is 5.75. The molecule has 0 bridgehead atoms. The molecule has 0 fully saturated rings. The molecule has 1 aromatic carbocycles. The second-order valence-electron chi connectivity index (χ2n) is 3.87. The van der Waals surface area contributed by atoms with Gasteiger partial charge in [0.25, 0.3) is 0 Å². The van der Waals surface area contributed by atoms with E-state index in [2.05, 4.69) is 29.6 Å². The van der Waals surface area contributed by atoms with Crippen molar-refractivity contribution in [2.75, 3.05) is 6.54 Å². The van der Waals surface area contributed by atoms with Gasteiger partial charge in [0.05, 0.1) is 6.10 Å². The highest BCUT2D eigenvalue weighted by atomic mass is 16.3. The van der Waals surface area contributed by atoms with Crippen LogP contribution in [0, 0.1) is 0 Å². The average molecular weight is 207 g/mol. The molecule has 0 saturated heterocycles. The van der Waals surface area contributed by atoms with Gasteiger partial charge in [0.2, 0.25) is 0 Å². The summed E-state index contributed by atoms with van der Waals surface area (Å²) in [5.74, 6) is 0. The van der Waals surface area contributed by atoms with Crippen LogP contribution < -0.4 is 5.32 Å². The van der Waals surface area contributed by atoms with Crippen molar-refractivity contribution >= 4 is 0 Å². The Hall–Kier alpha value is -0.860. The number of benzene rings is 1. The van der Waals surface area contributed by atoms with Gasteiger partial charge in [0.15, 0.2) is 0 Å². The van der Waals surface area contributed by atoms with E-state index >= 15 is 0 Å². The van der Waals surface area contributed by atoms with E-state index in [0.29, 0.717) is 0 Å². The molecular formula is C13H21NO. The molecule has 1 atom stereocenters. The summed E-state index contributed by atoms with van der Waals surface area (Å²) in [4.78, 5) is 0. The van der Waals surface area contributed by atoms with Crippen molar-refractivity contribution in [2.45, 2.75) is 38.8 Å². The molecule has 0 heterocycles. The lowest BCUT2D eigenvalue weighted by Gasteiger charge is -2.08. The highest BCUT2D eigenvalue weighted by Crippen LogP contribution is 2.00. The molecule has 0 aromatic heterocycles. The predicted octanol–water partition coefficient (Wildman–Crippen LogP) is 2.33. The van der Waals surface area contributed by atoms with Crippen molar-refractivity contribution in [2.24, 2.45) is 0 Å². The third-order valence-corrected chi connectivity index (χ3v) is 2.53. The maximum Gasteiger partial charge on any atom is 0.0538 e. The number of hydrogen-bond donors (Lipinski definition) is 2. The van der Waals surface area contributed by atoms with E-state index in [1.165, 1.54) is 5.56 Å². The molecule has 0 spiro atoms. The van der Waals surface area contributed by atoms with Gasteiger partial charge < -0.3 is 10.4 Å². The van der Waals surface area contributed by atoms with E-state index in [0.717, 1.165) is 32.4 Å². The summed E-state index contributed by atoms with van der Waals surface area (Å²) in [6.45, 7) is 3.91.